The van der Waals surface area contributed by atoms with Crippen LogP contribution in [0.1, 0.15) is 18.6 Å². The average Bonchev–Trinajstić information content (AvgIpc) is 3.19. The molecule has 2 bridgehead atoms. The van der Waals surface area contributed by atoms with E-state index in [0.717, 1.165) is 40.9 Å². The van der Waals surface area contributed by atoms with E-state index in [0.29, 0.717) is 17.2 Å². The lowest BCUT2D eigenvalue weighted by Gasteiger charge is -2.38. The monoisotopic (exact) mass is 414 g/mol. The summed E-state index contributed by atoms with van der Waals surface area (Å²) >= 11 is 6.33. The molecule has 0 aliphatic carbocycles. The quantitative estimate of drug-likeness (QED) is 0.573. The lowest BCUT2D eigenvalue weighted by Crippen LogP contribution is -2.35. The third kappa shape index (κ3) is 2.79. The number of nitrogens with zero attached hydrogens (tertiary/aromatic N) is 2. The predicted molar refractivity (Wildman–Crippen MR) is 110 cm³/mol. The van der Waals surface area contributed by atoms with E-state index >= 15 is 0 Å². The van der Waals surface area contributed by atoms with Gasteiger partial charge in [0.25, 0.3) is 10.0 Å². The molecule has 0 atom stereocenters. The summed E-state index contributed by atoms with van der Waals surface area (Å²) in [5.41, 5.74) is 1.98. The fourth-order valence-electron chi connectivity index (χ4n) is 4.05. The summed E-state index contributed by atoms with van der Waals surface area (Å²) in [5, 5.41) is 0.832. The van der Waals surface area contributed by atoms with Gasteiger partial charge in [-0.05, 0) is 43.0 Å². The van der Waals surface area contributed by atoms with Gasteiger partial charge in [0.15, 0.2) is 5.58 Å². The van der Waals surface area contributed by atoms with Gasteiger partial charge >= 0.3 is 0 Å². The Hall–Kier alpha value is -2.44. The average molecular weight is 415 g/mol. The van der Waals surface area contributed by atoms with Gasteiger partial charge in [-0.2, -0.15) is 12.2 Å². The predicted octanol–water partition coefficient (Wildman–Crippen LogP) is 4.85. The van der Waals surface area contributed by atoms with Crippen molar-refractivity contribution in [3.05, 3.63) is 66.6 Å². The second-order valence-electron chi connectivity index (χ2n) is 7.23. The smallest absolute Gasteiger partial charge is 0.278 e. The lowest BCUT2D eigenvalue weighted by atomic mass is 9.84. The number of furan rings is 1. The third-order valence-electron chi connectivity index (χ3n) is 5.54. The normalized spacial score (nSPS) is 17.2. The largest absolute Gasteiger partial charge is 0.454 e. The number of anilines is 1. The third-order valence-corrected chi connectivity index (χ3v) is 7.75. The maximum absolute atomic E-state index is 12.9. The van der Waals surface area contributed by atoms with Crippen molar-refractivity contribution in [1.82, 2.24) is 4.90 Å². The minimum absolute atomic E-state index is 0.133. The molecule has 144 valence electrons. The summed E-state index contributed by atoms with van der Waals surface area (Å²) in [6.45, 7) is 2.18. The zero-order valence-electron chi connectivity index (χ0n) is 15.1. The molecular formula is C21H19ClN2O3S. The molecule has 1 saturated heterocycles. The topological polar surface area (TPSA) is 53.8 Å². The van der Waals surface area contributed by atoms with Crippen molar-refractivity contribution in [2.45, 2.75) is 17.7 Å². The van der Waals surface area contributed by atoms with E-state index in [9.17, 15) is 8.42 Å². The zero-order chi connectivity index (χ0) is 19.3. The van der Waals surface area contributed by atoms with Crippen LogP contribution in [0.3, 0.4) is 0 Å². The molecule has 0 spiro atoms. The molecule has 0 amide bonds. The van der Waals surface area contributed by atoms with E-state index in [1.165, 1.54) is 17.7 Å². The minimum atomic E-state index is -3.89. The van der Waals surface area contributed by atoms with E-state index in [2.05, 4.69) is 11.1 Å². The molecule has 6 rings (SSSR count). The van der Waals surface area contributed by atoms with Crippen molar-refractivity contribution in [2.75, 3.05) is 16.9 Å². The number of benzene rings is 2. The molecule has 0 radical (unpaired) electrons. The van der Waals surface area contributed by atoms with Gasteiger partial charge in [-0.1, -0.05) is 30.3 Å². The van der Waals surface area contributed by atoms with Crippen molar-refractivity contribution in [3.8, 4) is 0 Å². The lowest BCUT2D eigenvalue weighted by molar-refractivity contribution is 0.250. The number of sulfonamides is 1. The Morgan fingerprint density at radius 2 is 1.79 bits per heavy atom. The Bertz CT molecular complexity index is 1160. The SMILES string of the molecule is O=S(=O)(c1ccccc1)N(Cl)c1cccc2cc(C3=CN4CCC3CC4)oc12. The number of rotatable bonds is 4. The first-order valence-corrected chi connectivity index (χ1v) is 11.1. The van der Waals surface area contributed by atoms with E-state index in [4.69, 9.17) is 16.2 Å². The molecule has 0 saturated carbocycles. The summed E-state index contributed by atoms with van der Waals surface area (Å²) < 4.78 is 32.8. The van der Waals surface area contributed by atoms with Gasteiger partial charge in [0.05, 0.1) is 4.90 Å². The second-order valence-corrected chi connectivity index (χ2v) is 9.56. The van der Waals surface area contributed by atoms with Crippen LogP contribution >= 0.6 is 11.8 Å². The Balaban J connectivity index is 1.59. The molecule has 1 fully saturated rings. The number of hydrogen-bond donors (Lipinski definition) is 0. The number of piperidine rings is 1. The van der Waals surface area contributed by atoms with E-state index in [1.54, 1.807) is 30.3 Å². The van der Waals surface area contributed by atoms with Crippen molar-refractivity contribution in [1.29, 1.82) is 0 Å². The van der Waals surface area contributed by atoms with Gasteiger partial charge in [0.1, 0.15) is 11.4 Å². The summed E-state index contributed by atoms with van der Waals surface area (Å²) in [7, 11) is -3.89. The molecule has 28 heavy (non-hydrogen) atoms. The van der Waals surface area contributed by atoms with Crippen LogP contribution in [0.15, 0.2) is 70.1 Å². The second kappa shape index (κ2) is 6.57. The molecule has 5 nitrogen and oxygen atoms in total. The van der Waals surface area contributed by atoms with Crippen LogP contribution in [0.25, 0.3) is 16.5 Å². The highest BCUT2D eigenvalue weighted by molar-refractivity contribution is 7.94. The molecule has 1 aromatic heterocycles. The fourth-order valence-corrected chi connectivity index (χ4v) is 5.51. The van der Waals surface area contributed by atoms with Gasteiger partial charge in [0, 0.05) is 42.0 Å². The zero-order valence-corrected chi connectivity index (χ0v) is 16.7. The van der Waals surface area contributed by atoms with E-state index in [1.807, 2.05) is 12.1 Å². The highest BCUT2D eigenvalue weighted by Crippen LogP contribution is 2.41. The van der Waals surface area contributed by atoms with E-state index < -0.39 is 10.0 Å². The first-order valence-electron chi connectivity index (χ1n) is 9.29. The molecular weight excluding hydrogens is 396 g/mol. The molecule has 0 N–H and O–H groups in total. The van der Waals surface area contributed by atoms with E-state index in [-0.39, 0.29) is 4.90 Å². The van der Waals surface area contributed by atoms with Crippen LogP contribution in [0.2, 0.25) is 0 Å². The molecule has 4 heterocycles. The van der Waals surface area contributed by atoms with Gasteiger partial charge in [-0.3, -0.25) is 0 Å². The maximum Gasteiger partial charge on any atom is 0.278 e. The molecule has 2 aromatic carbocycles. The first-order chi connectivity index (χ1) is 13.5. The van der Waals surface area contributed by atoms with Crippen molar-refractivity contribution in [2.24, 2.45) is 5.92 Å². The number of hydrogen-bond acceptors (Lipinski definition) is 4. The Kier molecular flexibility index (Phi) is 4.14. The molecule has 3 aromatic rings. The minimum Gasteiger partial charge on any atom is -0.454 e. The first kappa shape index (κ1) is 17.6. The van der Waals surface area contributed by atoms with Gasteiger partial charge in [0.2, 0.25) is 0 Å². The van der Waals surface area contributed by atoms with Crippen LogP contribution in [0.5, 0.6) is 0 Å². The molecule has 7 heteroatoms. The summed E-state index contributed by atoms with van der Waals surface area (Å²) in [4.78, 5) is 2.45. The number of fused-ring (bicyclic) bond motifs is 3. The maximum atomic E-state index is 12.9. The number of halogens is 1. The molecule has 0 unspecified atom stereocenters. The number of para-hydroxylation sites is 1. The van der Waals surface area contributed by atoms with Crippen LogP contribution < -0.4 is 3.82 Å². The fraction of sp³-hybridized carbons (Fsp3) is 0.238. The highest BCUT2D eigenvalue weighted by Gasteiger charge is 2.31. The summed E-state index contributed by atoms with van der Waals surface area (Å²) in [6.07, 6.45) is 4.42. The Labute approximate surface area is 169 Å². The van der Waals surface area contributed by atoms with Crippen molar-refractivity contribution >= 4 is 44.0 Å². The van der Waals surface area contributed by atoms with Crippen LogP contribution in [-0.2, 0) is 10.0 Å². The van der Waals surface area contributed by atoms with Gasteiger partial charge in [-0.15, -0.1) is 0 Å². The van der Waals surface area contributed by atoms with Crippen molar-refractivity contribution < 1.29 is 12.8 Å². The van der Waals surface area contributed by atoms with Crippen LogP contribution in [0, 0.1) is 5.92 Å². The number of allylic oxidation sites excluding steroid dienone is 1. The van der Waals surface area contributed by atoms with Gasteiger partial charge < -0.3 is 9.32 Å². The highest BCUT2D eigenvalue weighted by atomic mass is 35.5. The van der Waals surface area contributed by atoms with Crippen molar-refractivity contribution in [3.63, 3.8) is 0 Å². The van der Waals surface area contributed by atoms with Gasteiger partial charge in [-0.25, -0.2) is 0 Å². The van der Waals surface area contributed by atoms with Crippen LogP contribution in [0.4, 0.5) is 5.69 Å². The van der Waals surface area contributed by atoms with Crippen LogP contribution in [-0.4, -0.2) is 26.4 Å². The summed E-state index contributed by atoms with van der Waals surface area (Å²) in [6, 6.07) is 15.5. The molecule has 3 aliphatic heterocycles. The Morgan fingerprint density at radius 1 is 1.04 bits per heavy atom. The Morgan fingerprint density at radius 3 is 2.46 bits per heavy atom. The summed E-state index contributed by atoms with van der Waals surface area (Å²) in [5.74, 6) is 1.29. The standard InChI is InChI=1S/C21H19ClN2O3S/c22-24(28(25,26)17-6-2-1-3-7-17)19-8-4-5-16-13-20(27-21(16)19)18-14-23-11-9-15(18)10-12-23/h1-8,13-15H,9-12H2. The molecule has 3 aliphatic rings.